The van der Waals surface area contributed by atoms with Crippen LogP contribution in [0.2, 0.25) is 0 Å². The van der Waals surface area contributed by atoms with Crippen LogP contribution in [0.3, 0.4) is 0 Å². The summed E-state index contributed by atoms with van der Waals surface area (Å²) >= 11 is 0. The van der Waals surface area contributed by atoms with Crippen LogP contribution in [0, 0.1) is 12.7 Å². The summed E-state index contributed by atoms with van der Waals surface area (Å²) in [6, 6.07) is 10.1. The lowest BCUT2D eigenvalue weighted by Gasteiger charge is -2.44. The largest absolute Gasteiger partial charge is 0.360 e. The first-order valence-corrected chi connectivity index (χ1v) is 11.4. The van der Waals surface area contributed by atoms with Gasteiger partial charge in [-0.2, -0.15) is 0 Å². The van der Waals surface area contributed by atoms with Crippen molar-refractivity contribution in [2.75, 3.05) is 20.1 Å². The summed E-state index contributed by atoms with van der Waals surface area (Å²) in [5.74, 6) is -1.70. The number of nitrogens with zero attached hydrogens (tertiary/aromatic N) is 2. The van der Waals surface area contributed by atoms with E-state index in [0.29, 0.717) is 36.1 Å². The number of aryl methyl sites for hydroxylation is 1. The molecule has 34 heavy (non-hydrogen) atoms. The second kappa shape index (κ2) is 9.38. The highest BCUT2D eigenvalue weighted by Crippen LogP contribution is 2.27. The number of amides is 2. The number of carbonyl (C=O) groups is 3. The van der Waals surface area contributed by atoms with Crippen molar-refractivity contribution in [1.29, 1.82) is 0 Å². The predicted octanol–water partition coefficient (Wildman–Crippen LogP) is 3.28. The van der Waals surface area contributed by atoms with Crippen LogP contribution in [0.25, 0.3) is 10.9 Å². The number of benzene rings is 2. The number of hydrogen-bond donors (Lipinski definition) is 2. The summed E-state index contributed by atoms with van der Waals surface area (Å²) in [4.78, 5) is 45.1. The van der Waals surface area contributed by atoms with Crippen LogP contribution in [0.15, 0.2) is 42.6 Å². The van der Waals surface area contributed by atoms with Gasteiger partial charge in [-0.25, -0.2) is 4.39 Å². The maximum absolute atomic E-state index is 13.6. The van der Waals surface area contributed by atoms with Crippen molar-refractivity contribution in [2.24, 2.45) is 0 Å². The lowest BCUT2D eigenvalue weighted by Crippen LogP contribution is -2.57. The van der Waals surface area contributed by atoms with Crippen LogP contribution >= 0.6 is 0 Å². The van der Waals surface area contributed by atoms with Crippen molar-refractivity contribution in [3.63, 3.8) is 0 Å². The predicted molar refractivity (Wildman–Crippen MR) is 128 cm³/mol. The first-order valence-electron chi connectivity index (χ1n) is 11.4. The number of aromatic amines is 1. The molecule has 178 valence electrons. The molecule has 2 heterocycles. The summed E-state index contributed by atoms with van der Waals surface area (Å²) < 4.78 is 13.2. The van der Waals surface area contributed by atoms with Gasteiger partial charge >= 0.3 is 0 Å². The second-order valence-electron chi connectivity index (χ2n) is 9.03. The molecule has 0 unspecified atom stereocenters. The molecular formula is C26H29FN4O3. The standard InChI is InChI=1S/C26H29FN4O3/c1-15-9-23-21(22(11-29-23)24(32)25(33)28-4)10-20(15)26(34)31-13-16(2)30(12-17(31)3)14-18-5-7-19(27)8-6-18/h5-11,16-17,29H,12-14H2,1-4H3,(H,28,33)/t16-,17+/m0/s1. The first-order chi connectivity index (χ1) is 16.2. The monoisotopic (exact) mass is 464 g/mol. The van der Waals surface area contributed by atoms with Crippen LogP contribution in [0.1, 0.15) is 45.7 Å². The van der Waals surface area contributed by atoms with Gasteiger partial charge in [0.25, 0.3) is 17.6 Å². The molecular weight excluding hydrogens is 435 g/mol. The Morgan fingerprint density at radius 3 is 2.44 bits per heavy atom. The van der Waals surface area contributed by atoms with Crippen molar-refractivity contribution in [3.8, 4) is 0 Å². The highest BCUT2D eigenvalue weighted by molar-refractivity contribution is 6.45. The Morgan fingerprint density at radius 2 is 1.76 bits per heavy atom. The zero-order chi connectivity index (χ0) is 24.6. The van der Waals surface area contributed by atoms with Gasteiger partial charge in [-0.05, 0) is 56.2 Å². The minimum atomic E-state index is -0.700. The fourth-order valence-corrected chi connectivity index (χ4v) is 4.61. The van der Waals surface area contributed by atoms with Gasteiger partial charge in [0.2, 0.25) is 0 Å². The Hall–Kier alpha value is -3.52. The minimum Gasteiger partial charge on any atom is -0.360 e. The third kappa shape index (κ3) is 4.46. The fraction of sp³-hybridized carbons (Fsp3) is 0.346. The number of aromatic nitrogens is 1. The smallest absolute Gasteiger partial charge is 0.292 e. The average molecular weight is 465 g/mol. The second-order valence-corrected chi connectivity index (χ2v) is 9.03. The zero-order valence-corrected chi connectivity index (χ0v) is 19.8. The van der Waals surface area contributed by atoms with E-state index in [-0.39, 0.29) is 29.4 Å². The number of halogens is 1. The number of nitrogens with one attached hydrogen (secondary N) is 2. The Kier molecular flexibility index (Phi) is 6.52. The van der Waals surface area contributed by atoms with Crippen molar-refractivity contribution >= 4 is 28.5 Å². The molecule has 7 nitrogen and oxygen atoms in total. The summed E-state index contributed by atoms with van der Waals surface area (Å²) in [7, 11) is 1.41. The lowest BCUT2D eigenvalue weighted by atomic mass is 9.99. The van der Waals surface area contributed by atoms with E-state index >= 15 is 0 Å². The third-order valence-corrected chi connectivity index (χ3v) is 6.61. The number of Topliss-reactive ketones (excluding diaryl/α,β-unsaturated/α-hetero) is 1. The molecule has 1 aromatic heterocycles. The fourth-order valence-electron chi connectivity index (χ4n) is 4.61. The molecule has 3 aromatic rings. The molecule has 2 atom stereocenters. The van der Waals surface area contributed by atoms with E-state index < -0.39 is 11.7 Å². The highest BCUT2D eigenvalue weighted by Gasteiger charge is 2.33. The third-order valence-electron chi connectivity index (χ3n) is 6.61. The Bertz CT molecular complexity index is 1250. The van der Waals surface area contributed by atoms with Crippen LogP contribution < -0.4 is 5.32 Å². The van der Waals surface area contributed by atoms with E-state index in [4.69, 9.17) is 0 Å². The SMILES string of the molecule is CNC(=O)C(=O)c1c[nH]c2cc(C)c(C(=O)N3C[C@H](C)N(Cc4ccc(F)cc4)C[C@H]3C)cc12. The Balaban J connectivity index is 1.57. The number of piperazine rings is 1. The zero-order valence-electron chi connectivity index (χ0n) is 19.8. The van der Waals surface area contributed by atoms with Gasteiger partial charge in [0, 0.05) is 61.4 Å². The summed E-state index contributed by atoms with van der Waals surface area (Å²) in [5, 5.41) is 2.91. The van der Waals surface area contributed by atoms with Crippen LogP contribution in [0.4, 0.5) is 4.39 Å². The van der Waals surface area contributed by atoms with Crippen molar-refractivity contribution in [1.82, 2.24) is 20.1 Å². The highest BCUT2D eigenvalue weighted by atomic mass is 19.1. The van der Waals surface area contributed by atoms with Gasteiger partial charge in [0.05, 0.1) is 5.56 Å². The Labute approximate surface area is 197 Å². The maximum atomic E-state index is 13.6. The number of fused-ring (bicyclic) bond motifs is 1. The van der Waals surface area contributed by atoms with Crippen molar-refractivity contribution in [3.05, 3.63) is 70.7 Å². The molecule has 0 saturated carbocycles. The Morgan fingerprint density at radius 1 is 1.06 bits per heavy atom. The molecule has 1 saturated heterocycles. The molecule has 1 aliphatic heterocycles. The normalized spacial score (nSPS) is 18.8. The van der Waals surface area contributed by atoms with Gasteiger partial charge in [-0.3, -0.25) is 19.3 Å². The molecule has 1 fully saturated rings. The van der Waals surface area contributed by atoms with Crippen LogP contribution in [-0.2, 0) is 11.3 Å². The van der Waals surface area contributed by atoms with Crippen LogP contribution in [0.5, 0.6) is 0 Å². The summed E-state index contributed by atoms with van der Waals surface area (Å²) in [6.45, 7) is 7.90. The van der Waals surface area contributed by atoms with Gasteiger partial charge in [-0.1, -0.05) is 12.1 Å². The minimum absolute atomic E-state index is 0.0301. The molecule has 8 heteroatoms. The number of rotatable bonds is 5. The molecule has 0 bridgehead atoms. The van der Waals surface area contributed by atoms with E-state index in [9.17, 15) is 18.8 Å². The molecule has 1 aliphatic rings. The number of carbonyl (C=O) groups excluding carboxylic acids is 3. The lowest BCUT2D eigenvalue weighted by molar-refractivity contribution is -0.116. The van der Waals surface area contributed by atoms with E-state index in [1.165, 1.54) is 25.4 Å². The summed E-state index contributed by atoms with van der Waals surface area (Å²) in [6.07, 6.45) is 1.51. The molecule has 2 amide bonds. The molecule has 0 spiro atoms. The van der Waals surface area contributed by atoms with Crippen molar-refractivity contribution in [2.45, 2.75) is 39.4 Å². The van der Waals surface area contributed by atoms with Crippen LogP contribution in [-0.4, -0.2) is 64.6 Å². The number of hydrogen-bond acceptors (Lipinski definition) is 4. The van der Waals surface area contributed by atoms with Crippen molar-refractivity contribution < 1.29 is 18.8 Å². The molecule has 0 radical (unpaired) electrons. The molecule has 2 N–H and O–H groups in total. The van der Waals surface area contributed by atoms with E-state index in [2.05, 4.69) is 22.1 Å². The quantitative estimate of drug-likeness (QED) is 0.448. The number of likely N-dealkylation sites (N-methyl/N-ethyl adjacent to an activating group) is 1. The van der Waals surface area contributed by atoms with E-state index in [0.717, 1.165) is 11.1 Å². The van der Waals surface area contributed by atoms with Gasteiger partial charge < -0.3 is 15.2 Å². The van der Waals surface area contributed by atoms with E-state index in [1.54, 1.807) is 18.2 Å². The molecule has 2 aromatic carbocycles. The first kappa shape index (κ1) is 23.6. The summed E-state index contributed by atoms with van der Waals surface area (Å²) in [5.41, 5.74) is 3.29. The van der Waals surface area contributed by atoms with E-state index in [1.807, 2.05) is 24.8 Å². The molecule has 0 aliphatic carbocycles. The maximum Gasteiger partial charge on any atom is 0.292 e. The van der Waals surface area contributed by atoms with Gasteiger partial charge in [-0.15, -0.1) is 0 Å². The molecule has 4 rings (SSSR count). The number of ketones is 1. The average Bonchev–Trinajstić information content (AvgIpc) is 3.23. The number of H-pyrrole nitrogens is 1. The topological polar surface area (TPSA) is 85.5 Å². The van der Waals surface area contributed by atoms with Gasteiger partial charge in [0.15, 0.2) is 0 Å². The van der Waals surface area contributed by atoms with Gasteiger partial charge in [0.1, 0.15) is 5.82 Å².